The topological polar surface area (TPSA) is 140 Å². The fraction of sp³-hybridized carbons (Fsp3) is 0.280. The van der Waals surface area contributed by atoms with Crippen molar-refractivity contribution < 1.29 is 14.3 Å². The molecule has 2 aromatic heterocycles. The second kappa shape index (κ2) is 12.4. The third-order valence-electron chi connectivity index (χ3n) is 6.10. The van der Waals surface area contributed by atoms with Gasteiger partial charge in [0.15, 0.2) is 5.69 Å². The normalized spacial score (nSPS) is 13.6. The van der Waals surface area contributed by atoms with Crippen molar-refractivity contribution in [2.24, 2.45) is 0 Å². The number of halogens is 2. The van der Waals surface area contributed by atoms with Crippen LogP contribution < -0.4 is 20.7 Å². The monoisotopic (exact) mass is 602 g/mol. The van der Waals surface area contributed by atoms with E-state index >= 15 is 0 Å². The van der Waals surface area contributed by atoms with E-state index in [4.69, 9.17) is 4.74 Å². The first kappa shape index (κ1) is 27.6. The molecule has 0 aliphatic carbocycles. The molecule has 0 unspecified atom stereocenters. The number of anilines is 2. The van der Waals surface area contributed by atoms with Crippen LogP contribution in [0.4, 0.5) is 11.6 Å². The minimum absolute atomic E-state index is 0. The number of carbonyl (C=O) groups excluding carboxylic acids is 2. The average molecular weight is 604 g/mol. The molecule has 0 atom stereocenters. The molecule has 3 heterocycles. The highest BCUT2D eigenvalue weighted by molar-refractivity contribution is 9.10. The predicted molar refractivity (Wildman–Crippen MR) is 152 cm³/mol. The number of piperazine rings is 1. The first-order chi connectivity index (χ1) is 18.0. The molecule has 1 aliphatic rings. The highest BCUT2D eigenvalue weighted by Gasteiger charge is 2.22. The number of amides is 2. The largest absolute Gasteiger partial charge is 0.492 e. The Morgan fingerprint density at radius 3 is 2.74 bits per heavy atom. The Labute approximate surface area is 233 Å². The summed E-state index contributed by atoms with van der Waals surface area (Å²) in [6.45, 7) is 7.39. The van der Waals surface area contributed by atoms with Crippen molar-refractivity contribution in [3.8, 4) is 5.75 Å². The summed E-state index contributed by atoms with van der Waals surface area (Å²) in [7, 11) is 0. The quantitative estimate of drug-likeness (QED) is 0.207. The summed E-state index contributed by atoms with van der Waals surface area (Å²) in [5.41, 5.74) is 2.92. The van der Waals surface area contributed by atoms with Crippen LogP contribution >= 0.6 is 28.3 Å². The molecule has 0 radical (unpaired) electrons. The Hall–Kier alpha value is -3.45. The van der Waals surface area contributed by atoms with Gasteiger partial charge in [0.2, 0.25) is 5.95 Å². The molecular weight excluding hydrogens is 576 g/mol. The SMILES string of the molecule is Cc1ccc(Br)cc1NC(=O)c1nc[nH]c1C(=O)Nc1nc2ccc(OCCN3CCNCC3)cc2[nH]1.Cl. The lowest BCUT2D eigenvalue weighted by Crippen LogP contribution is -2.44. The number of benzene rings is 2. The van der Waals surface area contributed by atoms with E-state index in [1.807, 2.05) is 37.3 Å². The van der Waals surface area contributed by atoms with Gasteiger partial charge in [-0.25, -0.2) is 9.97 Å². The van der Waals surface area contributed by atoms with Crippen molar-refractivity contribution in [2.45, 2.75) is 6.92 Å². The number of aryl methyl sites for hydroxylation is 1. The zero-order valence-electron chi connectivity index (χ0n) is 20.6. The van der Waals surface area contributed by atoms with Gasteiger partial charge < -0.3 is 25.3 Å². The molecular formula is C25H28BrClN8O3. The maximum Gasteiger partial charge on any atom is 0.276 e. The van der Waals surface area contributed by atoms with Gasteiger partial charge in [-0.2, -0.15) is 0 Å². The number of fused-ring (bicyclic) bond motifs is 1. The van der Waals surface area contributed by atoms with Gasteiger partial charge in [-0.15, -0.1) is 12.4 Å². The van der Waals surface area contributed by atoms with E-state index < -0.39 is 11.8 Å². The lowest BCUT2D eigenvalue weighted by Gasteiger charge is -2.26. The average Bonchev–Trinajstić information content (AvgIpc) is 3.54. The number of H-pyrrole nitrogens is 2. The summed E-state index contributed by atoms with van der Waals surface area (Å²) < 4.78 is 6.74. The van der Waals surface area contributed by atoms with Crippen molar-refractivity contribution in [1.29, 1.82) is 0 Å². The van der Waals surface area contributed by atoms with E-state index in [1.54, 1.807) is 6.07 Å². The van der Waals surface area contributed by atoms with Gasteiger partial charge in [0, 0.05) is 49.0 Å². The van der Waals surface area contributed by atoms with E-state index in [9.17, 15) is 9.59 Å². The summed E-state index contributed by atoms with van der Waals surface area (Å²) in [4.78, 5) is 42.5. The van der Waals surface area contributed by atoms with Gasteiger partial charge in [-0.3, -0.25) is 19.8 Å². The van der Waals surface area contributed by atoms with E-state index in [-0.39, 0.29) is 29.7 Å². The number of nitrogens with one attached hydrogen (secondary N) is 5. The standard InChI is InChI=1S/C25H27BrN8O3.ClH/c1-15-2-3-16(26)12-19(15)30-23(35)21-22(29-14-28-21)24(36)33-25-31-18-5-4-17(13-20(18)32-25)37-11-10-34-8-6-27-7-9-34;/h2-5,12-14,27H,6-11H2,1H3,(H,28,29)(H,30,35)(H2,31,32,33,36);1H. The van der Waals surface area contributed by atoms with E-state index in [2.05, 4.69) is 56.7 Å². The minimum atomic E-state index is -0.542. The Bertz CT molecular complexity index is 1430. The first-order valence-corrected chi connectivity index (χ1v) is 12.7. The third-order valence-corrected chi connectivity index (χ3v) is 6.59. The molecule has 1 aliphatic heterocycles. The van der Waals surface area contributed by atoms with Crippen molar-refractivity contribution in [1.82, 2.24) is 30.2 Å². The number of ether oxygens (including phenoxy) is 1. The maximum atomic E-state index is 12.9. The maximum absolute atomic E-state index is 12.9. The molecule has 0 spiro atoms. The van der Waals surface area contributed by atoms with Gasteiger partial charge in [0.25, 0.3) is 11.8 Å². The fourth-order valence-electron chi connectivity index (χ4n) is 4.09. The molecule has 38 heavy (non-hydrogen) atoms. The van der Waals surface area contributed by atoms with E-state index in [0.717, 1.165) is 54.0 Å². The molecule has 0 bridgehead atoms. The lowest BCUT2D eigenvalue weighted by molar-refractivity contribution is 0.0985. The first-order valence-electron chi connectivity index (χ1n) is 11.9. The highest BCUT2D eigenvalue weighted by Crippen LogP contribution is 2.23. The number of aromatic amines is 2. The van der Waals surface area contributed by atoms with Crippen LogP contribution in [0.5, 0.6) is 5.75 Å². The van der Waals surface area contributed by atoms with Gasteiger partial charge in [0.1, 0.15) is 18.1 Å². The molecule has 0 saturated carbocycles. The van der Waals surface area contributed by atoms with Crippen LogP contribution in [0.15, 0.2) is 47.2 Å². The molecule has 1 saturated heterocycles. The van der Waals surface area contributed by atoms with E-state index in [0.29, 0.717) is 17.8 Å². The number of hydrogen-bond donors (Lipinski definition) is 5. The van der Waals surface area contributed by atoms with Crippen LogP contribution in [-0.2, 0) is 0 Å². The summed E-state index contributed by atoms with van der Waals surface area (Å²) in [5, 5.41) is 8.84. The van der Waals surface area contributed by atoms with Gasteiger partial charge in [0.05, 0.1) is 17.4 Å². The van der Waals surface area contributed by atoms with Gasteiger partial charge >= 0.3 is 0 Å². The highest BCUT2D eigenvalue weighted by atomic mass is 79.9. The van der Waals surface area contributed by atoms with Gasteiger partial charge in [-0.05, 0) is 36.8 Å². The van der Waals surface area contributed by atoms with Crippen LogP contribution in [-0.4, -0.2) is 76.0 Å². The Morgan fingerprint density at radius 2 is 1.92 bits per heavy atom. The van der Waals surface area contributed by atoms with Crippen LogP contribution in [0.1, 0.15) is 26.5 Å². The Balaban J connectivity index is 0.00000336. The Morgan fingerprint density at radius 1 is 1.11 bits per heavy atom. The molecule has 2 aromatic carbocycles. The molecule has 5 N–H and O–H groups in total. The second-order valence-corrected chi connectivity index (χ2v) is 9.61. The Kier molecular flexibility index (Phi) is 9.00. The number of nitrogens with zero attached hydrogens (tertiary/aromatic N) is 3. The van der Waals surface area contributed by atoms with Crippen molar-refractivity contribution in [3.63, 3.8) is 0 Å². The van der Waals surface area contributed by atoms with Crippen LogP contribution in [0, 0.1) is 6.92 Å². The van der Waals surface area contributed by atoms with Crippen molar-refractivity contribution >= 4 is 62.8 Å². The third kappa shape index (κ3) is 6.51. The number of imidazole rings is 2. The molecule has 2 amide bonds. The lowest BCUT2D eigenvalue weighted by atomic mass is 10.2. The smallest absolute Gasteiger partial charge is 0.276 e. The summed E-state index contributed by atoms with van der Waals surface area (Å²) in [6.07, 6.45) is 1.31. The minimum Gasteiger partial charge on any atom is -0.492 e. The van der Waals surface area contributed by atoms with Crippen molar-refractivity contribution in [2.75, 3.05) is 50.0 Å². The van der Waals surface area contributed by atoms with Crippen molar-refractivity contribution in [3.05, 3.63) is 64.1 Å². The fourth-order valence-corrected chi connectivity index (χ4v) is 4.45. The zero-order valence-corrected chi connectivity index (χ0v) is 23.0. The van der Waals surface area contributed by atoms with Crippen LogP contribution in [0.3, 0.4) is 0 Å². The van der Waals surface area contributed by atoms with Crippen LogP contribution in [0.25, 0.3) is 11.0 Å². The van der Waals surface area contributed by atoms with E-state index in [1.165, 1.54) is 6.33 Å². The number of aromatic nitrogens is 4. The summed E-state index contributed by atoms with van der Waals surface area (Å²) in [6, 6.07) is 11.1. The van der Waals surface area contributed by atoms with Gasteiger partial charge in [-0.1, -0.05) is 22.0 Å². The molecule has 1 fully saturated rings. The number of carbonyl (C=O) groups is 2. The second-order valence-electron chi connectivity index (χ2n) is 8.70. The summed E-state index contributed by atoms with van der Waals surface area (Å²) >= 11 is 3.40. The number of hydrogen-bond acceptors (Lipinski definition) is 7. The summed E-state index contributed by atoms with van der Waals surface area (Å²) in [5.74, 6) is -0.0683. The molecule has 13 heteroatoms. The molecule has 4 aromatic rings. The predicted octanol–water partition coefficient (Wildman–Crippen LogP) is 3.57. The van der Waals surface area contributed by atoms with Crippen LogP contribution in [0.2, 0.25) is 0 Å². The molecule has 11 nitrogen and oxygen atoms in total. The molecule has 200 valence electrons. The molecule has 5 rings (SSSR count). The number of rotatable bonds is 8. The zero-order chi connectivity index (χ0) is 25.8.